The number of anilines is 1. The molecule has 1 aliphatic rings. The zero-order valence-electron chi connectivity index (χ0n) is 14.8. The van der Waals surface area contributed by atoms with Crippen molar-refractivity contribution in [1.29, 1.82) is 0 Å². The van der Waals surface area contributed by atoms with Gasteiger partial charge in [-0.1, -0.05) is 0 Å². The van der Waals surface area contributed by atoms with Crippen LogP contribution in [0.1, 0.15) is 12.5 Å². The van der Waals surface area contributed by atoms with Crippen molar-refractivity contribution in [3.05, 3.63) is 48.0 Å². The SMILES string of the molecule is CCOc1ccc(NC(=O)/C=C/c2cc(OC)c3c(c2)OCCO3)cc1. The third-order valence-electron chi connectivity index (χ3n) is 3.71. The molecule has 0 saturated carbocycles. The second-order valence-electron chi connectivity index (χ2n) is 5.53. The van der Waals surface area contributed by atoms with E-state index < -0.39 is 0 Å². The number of nitrogens with one attached hydrogen (secondary N) is 1. The first kappa shape index (κ1) is 17.7. The van der Waals surface area contributed by atoms with E-state index in [1.54, 1.807) is 31.4 Å². The van der Waals surface area contributed by atoms with Crippen molar-refractivity contribution in [3.63, 3.8) is 0 Å². The van der Waals surface area contributed by atoms with Gasteiger partial charge in [-0.15, -0.1) is 0 Å². The van der Waals surface area contributed by atoms with Gasteiger partial charge in [0.1, 0.15) is 19.0 Å². The highest BCUT2D eigenvalue weighted by molar-refractivity contribution is 6.02. The quantitative estimate of drug-likeness (QED) is 0.803. The molecule has 0 radical (unpaired) electrons. The van der Waals surface area contributed by atoms with Crippen molar-refractivity contribution in [1.82, 2.24) is 0 Å². The van der Waals surface area contributed by atoms with Crippen molar-refractivity contribution < 1.29 is 23.7 Å². The van der Waals surface area contributed by atoms with Crippen molar-refractivity contribution in [2.45, 2.75) is 6.92 Å². The van der Waals surface area contributed by atoms with E-state index in [9.17, 15) is 4.79 Å². The fourth-order valence-electron chi connectivity index (χ4n) is 2.55. The van der Waals surface area contributed by atoms with Crippen LogP contribution in [-0.4, -0.2) is 32.8 Å². The predicted octanol–water partition coefficient (Wildman–Crippen LogP) is 3.52. The van der Waals surface area contributed by atoms with Gasteiger partial charge >= 0.3 is 0 Å². The molecule has 3 rings (SSSR count). The first-order valence-electron chi connectivity index (χ1n) is 8.39. The van der Waals surface area contributed by atoms with E-state index in [4.69, 9.17) is 18.9 Å². The summed E-state index contributed by atoms with van der Waals surface area (Å²) in [5.74, 6) is 2.32. The number of carbonyl (C=O) groups excluding carboxylic acids is 1. The van der Waals surface area contributed by atoms with Crippen LogP contribution in [0.4, 0.5) is 5.69 Å². The molecule has 0 spiro atoms. The summed E-state index contributed by atoms with van der Waals surface area (Å²) in [6.07, 6.45) is 3.16. The van der Waals surface area contributed by atoms with Crippen LogP contribution in [0.5, 0.6) is 23.0 Å². The Morgan fingerprint density at radius 1 is 1.19 bits per heavy atom. The van der Waals surface area contributed by atoms with Crippen molar-refractivity contribution in [3.8, 4) is 23.0 Å². The number of fused-ring (bicyclic) bond motifs is 1. The van der Waals surface area contributed by atoms with Crippen molar-refractivity contribution in [2.24, 2.45) is 0 Å². The third-order valence-corrected chi connectivity index (χ3v) is 3.71. The molecular weight excluding hydrogens is 334 g/mol. The summed E-state index contributed by atoms with van der Waals surface area (Å²) < 4.78 is 21.9. The van der Waals surface area contributed by atoms with Gasteiger partial charge in [-0.3, -0.25) is 4.79 Å². The molecule has 0 saturated heterocycles. The van der Waals surface area contributed by atoms with Gasteiger partial charge in [0.25, 0.3) is 0 Å². The van der Waals surface area contributed by atoms with E-state index in [1.165, 1.54) is 6.08 Å². The predicted molar refractivity (Wildman–Crippen MR) is 99.3 cm³/mol. The molecule has 0 atom stereocenters. The maximum atomic E-state index is 12.1. The Bertz CT molecular complexity index is 781. The van der Waals surface area contributed by atoms with E-state index in [1.807, 2.05) is 25.1 Å². The number of methoxy groups -OCH3 is 1. The van der Waals surface area contributed by atoms with Gasteiger partial charge in [0.15, 0.2) is 11.5 Å². The summed E-state index contributed by atoms with van der Waals surface area (Å²) in [6, 6.07) is 10.8. The summed E-state index contributed by atoms with van der Waals surface area (Å²) in [5.41, 5.74) is 1.48. The summed E-state index contributed by atoms with van der Waals surface area (Å²) >= 11 is 0. The largest absolute Gasteiger partial charge is 0.494 e. The van der Waals surface area contributed by atoms with Crippen LogP contribution in [0.15, 0.2) is 42.5 Å². The fourth-order valence-corrected chi connectivity index (χ4v) is 2.55. The molecule has 0 fully saturated rings. The second-order valence-corrected chi connectivity index (χ2v) is 5.53. The van der Waals surface area contributed by atoms with Crippen LogP contribution in [0.3, 0.4) is 0 Å². The van der Waals surface area contributed by atoms with Crippen LogP contribution in [0.25, 0.3) is 6.08 Å². The lowest BCUT2D eigenvalue weighted by Crippen LogP contribution is -2.16. The number of hydrogen-bond donors (Lipinski definition) is 1. The average molecular weight is 355 g/mol. The molecule has 26 heavy (non-hydrogen) atoms. The first-order valence-corrected chi connectivity index (χ1v) is 8.39. The van der Waals surface area contributed by atoms with Gasteiger partial charge in [-0.05, 0) is 55.0 Å². The topological polar surface area (TPSA) is 66.0 Å². The number of benzene rings is 2. The molecule has 2 aromatic carbocycles. The lowest BCUT2D eigenvalue weighted by atomic mass is 10.1. The summed E-state index contributed by atoms with van der Waals surface area (Å²) in [6.45, 7) is 3.51. The molecule has 1 aliphatic heterocycles. The summed E-state index contributed by atoms with van der Waals surface area (Å²) in [4.78, 5) is 12.1. The number of ether oxygens (including phenoxy) is 4. The normalized spacial score (nSPS) is 12.7. The highest BCUT2D eigenvalue weighted by atomic mass is 16.6. The standard InChI is InChI=1S/C20H21NO5/c1-3-24-16-7-5-15(6-8-16)21-19(22)9-4-14-12-17(23-2)20-18(13-14)25-10-11-26-20/h4-9,12-13H,3,10-11H2,1-2H3,(H,21,22)/b9-4+. The second kappa shape index (κ2) is 8.29. The maximum Gasteiger partial charge on any atom is 0.248 e. The highest BCUT2D eigenvalue weighted by Gasteiger charge is 2.17. The Balaban J connectivity index is 1.68. The number of amides is 1. The van der Waals surface area contributed by atoms with Crippen molar-refractivity contribution in [2.75, 3.05) is 32.2 Å². The maximum absolute atomic E-state index is 12.1. The molecule has 1 heterocycles. The Morgan fingerprint density at radius 3 is 2.69 bits per heavy atom. The van der Waals surface area contributed by atoms with E-state index in [0.29, 0.717) is 42.8 Å². The minimum atomic E-state index is -0.233. The van der Waals surface area contributed by atoms with Crippen molar-refractivity contribution >= 4 is 17.7 Å². The smallest absolute Gasteiger partial charge is 0.248 e. The van der Waals surface area contributed by atoms with Gasteiger partial charge in [0.05, 0.1) is 13.7 Å². The molecule has 0 bridgehead atoms. The van der Waals surface area contributed by atoms with E-state index >= 15 is 0 Å². The van der Waals surface area contributed by atoms with E-state index in [2.05, 4.69) is 5.32 Å². The number of carbonyl (C=O) groups is 1. The zero-order chi connectivity index (χ0) is 18.4. The number of hydrogen-bond acceptors (Lipinski definition) is 5. The Morgan fingerprint density at radius 2 is 1.96 bits per heavy atom. The number of rotatable bonds is 6. The van der Waals surface area contributed by atoms with Crippen LogP contribution in [0, 0.1) is 0 Å². The minimum absolute atomic E-state index is 0.233. The van der Waals surface area contributed by atoms with Gasteiger partial charge in [-0.25, -0.2) is 0 Å². The molecule has 1 N–H and O–H groups in total. The summed E-state index contributed by atoms with van der Waals surface area (Å²) in [7, 11) is 1.57. The molecule has 1 amide bonds. The molecule has 0 aromatic heterocycles. The summed E-state index contributed by atoms with van der Waals surface area (Å²) in [5, 5.41) is 2.80. The molecule has 136 valence electrons. The Labute approximate surface area is 152 Å². The molecular formula is C20H21NO5. The van der Waals surface area contributed by atoms with Gasteiger partial charge in [-0.2, -0.15) is 0 Å². The molecule has 6 heteroatoms. The van der Waals surface area contributed by atoms with Crippen LogP contribution >= 0.6 is 0 Å². The molecule has 2 aromatic rings. The van der Waals surface area contributed by atoms with Crippen LogP contribution < -0.4 is 24.3 Å². The van der Waals surface area contributed by atoms with Crippen LogP contribution in [-0.2, 0) is 4.79 Å². The minimum Gasteiger partial charge on any atom is -0.494 e. The Hall–Kier alpha value is -3.15. The lowest BCUT2D eigenvalue weighted by molar-refractivity contribution is -0.111. The molecule has 0 unspecified atom stereocenters. The van der Waals surface area contributed by atoms with Gasteiger partial charge < -0.3 is 24.3 Å². The van der Waals surface area contributed by atoms with E-state index in [0.717, 1.165) is 11.3 Å². The highest BCUT2D eigenvalue weighted by Crippen LogP contribution is 2.40. The van der Waals surface area contributed by atoms with Crippen LogP contribution in [0.2, 0.25) is 0 Å². The lowest BCUT2D eigenvalue weighted by Gasteiger charge is -2.20. The Kier molecular flexibility index (Phi) is 5.63. The first-order chi connectivity index (χ1) is 12.7. The fraction of sp³-hybridized carbons (Fsp3) is 0.250. The van der Waals surface area contributed by atoms with Gasteiger partial charge in [0, 0.05) is 11.8 Å². The third kappa shape index (κ3) is 4.27. The molecule has 0 aliphatic carbocycles. The van der Waals surface area contributed by atoms with E-state index in [-0.39, 0.29) is 5.91 Å². The zero-order valence-corrected chi connectivity index (χ0v) is 14.8. The molecule has 6 nitrogen and oxygen atoms in total. The van der Waals surface area contributed by atoms with Gasteiger partial charge in [0.2, 0.25) is 11.7 Å². The average Bonchev–Trinajstić information content (AvgIpc) is 2.67. The monoisotopic (exact) mass is 355 g/mol.